The molecule has 0 aliphatic heterocycles. The molecule has 0 radical (unpaired) electrons. The minimum absolute atomic E-state index is 0.441. The number of H-pyrrole nitrogens is 1. The van der Waals surface area contributed by atoms with E-state index < -0.39 is 10.5 Å². The van der Waals surface area contributed by atoms with Crippen LogP contribution in [0, 0.1) is 0 Å². The van der Waals surface area contributed by atoms with Gasteiger partial charge in [0.25, 0.3) is 0 Å². The number of nitrogens with zero attached hydrogens (tertiary/aromatic N) is 1. The number of nitrogens with one attached hydrogen (secondary N) is 1. The summed E-state index contributed by atoms with van der Waals surface area (Å²) in [7, 11) is -2.40. The maximum absolute atomic E-state index is 10.4. The van der Waals surface area contributed by atoms with Crippen LogP contribution in [0.3, 0.4) is 0 Å². The molecule has 0 aliphatic rings. The van der Waals surface area contributed by atoms with Gasteiger partial charge in [-0.25, -0.2) is 0 Å². The van der Waals surface area contributed by atoms with Crippen LogP contribution in [0.25, 0.3) is 10.9 Å². The zero-order valence-corrected chi connectivity index (χ0v) is 7.38. The number of benzene rings is 1. The molecule has 0 saturated carbocycles. The SMILES string of the molecule is O=S(=O)=Nc1cccc2cc[nH]c12. The second-order valence-electron chi connectivity index (χ2n) is 2.53. The molecular weight excluding hydrogens is 188 g/mol. The first-order chi connectivity index (χ1) is 6.27. The lowest BCUT2D eigenvalue weighted by Gasteiger charge is -1.91. The predicted molar refractivity (Wildman–Crippen MR) is 49.3 cm³/mol. The lowest BCUT2D eigenvalue weighted by molar-refractivity contribution is 0.622. The fraction of sp³-hybridized carbons (Fsp3) is 0. The molecule has 66 valence electrons. The first kappa shape index (κ1) is 8.00. The average molecular weight is 194 g/mol. The quantitative estimate of drug-likeness (QED) is 0.753. The van der Waals surface area contributed by atoms with Crippen molar-refractivity contribution in [2.24, 2.45) is 4.36 Å². The second kappa shape index (κ2) is 3.02. The number of para-hydroxylation sites is 1. The number of rotatable bonds is 1. The molecule has 2 aromatic rings. The number of aromatic nitrogens is 1. The Hall–Kier alpha value is -1.62. The van der Waals surface area contributed by atoms with E-state index in [9.17, 15) is 8.42 Å². The van der Waals surface area contributed by atoms with Gasteiger partial charge < -0.3 is 4.98 Å². The van der Waals surface area contributed by atoms with Gasteiger partial charge in [0.1, 0.15) is 5.69 Å². The van der Waals surface area contributed by atoms with Crippen molar-refractivity contribution in [2.45, 2.75) is 0 Å². The molecule has 0 fully saturated rings. The van der Waals surface area contributed by atoms with Crippen LogP contribution in [0.4, 0.5) is 5.69 Å². The van der Waals surface area contributed by atoms with Crippen LogP contribution < -0.4 is 0 Å². The van der Waals surface area contributed by atoms with Crippen molar-refractivity contribution in [3.8, 4) is 0 Å². The van der Waals surface area contributed by atoms with Gasteiger partial charge in [-0.2, -0.15) is 8.42 Å². The molecule has 0 amide bonds. The van der Waals surface area contributed by atoms with Gasteiger partial charge in [0.05, 0.1) is 5.52 Å². The highest BCUT2D eigenvalue weighted by molar-refractivity contribution is 7.61. The largest absolute Gasteiger partial charge is 0.359 e. The lowest BCUT2D eigenvalue weighted by Crippen LogP contribution is -1.69. The summed E-state index contributed by atoms with van der Waals surface area (Å²) in [6.07, 6.45) is 1.75. The molecule has 1 N–H and O–H groups in total. The molecule has 5 heteroatoms. The van der Waals surface area contributed by atoms with E-state index in [4.69, 9.17) is 0 Å². The summed E-state index contributed by atoms with van der Waals surface area (Å²) >= 11 is 0. The van der Waals surface area contributed by atoms with Crippen LogP contribution in [0.15, 0.2) is 34.8 Å². The highest BCUT2D eigenvalue weighted by Crippen LogP contribution is 2.23. The third kappa shape index (κ3) is 1.46. The fourth-order valence-corrected chi connectivity index (χ4v) is 1.54. The normalized spacial score (nSPS) is 10.2. The molecular formula is C8H6N2O2S. The van der Waals surface area contributed by atoms with Gasteiger partial charge in [-0.3, -0.25) is 0 Å². The summed E-state index contributed by atoms with van der Waals surface area (Å²) in [4.78, 5) is 2.93. The number of hydrogen-bond acceptors (Lipinski definition) is 3. The molecule has 1 aromatic carbocycles. The van der Waals surface area contributed by atoms with Crippen LogP contribution in [0.1, 0.15) is 0 Å². The predicted octanol–water partition coefficient (Wildman–Crippen LogP) is 1.86. The average Bonchev–Trinajstić information content (AvgIpc) is 2.51. The molecule has 0 atom stereocenters. The Morgan fingerprint density at radius 3 is 2.85 bits per heavy atom. The number of hydrogen-bond donors (Lipinski definition) is 1. The molecule has 0 spiro atoms. The van der Waals surface area contributed by atoms with E-state index in [0.29, 0.717) is 5.69 Å². The standard InChI is InChI=1S/C8H6N2O2S/c11-13(12)10-7-3-1-2-6-4-5-9-8(6)7/h1-5,9H. The summed E-state index contributed by atoms with van der Waals surface area (Å²) in [6.45, 7) is 0. The van der Waals surface area contributed by atoms with Crippen molar-refractivity contribution in [3.05, 3.63) is 30.5 Å². The van der Waals surface area contributed by atoms with Crippen molar-refractivity contribution in [3.63, 3.8) is 0 Å². The highest BCUT2D eigenvalue weighted by atomic mass is 32.2. The van der Waals surface area contributed by atoms with E-state index in [-0.39, 0.29) is 0 Å². The van der Waals surface area contributed by atoms with Crippen molar-refractivity contribution >= 4 is 27.1 Å². The lowest BCUT2D eigenvalue weighted by atomic mass is 10.2. The minimum Gasteiger partial charge on any atom is -0.359 e. The molecule has 1 heterocycles. The molecule has 4 nitrogen and oxygen atoms in total. The minimum atomic E-state index is -2.40. The Kier molecular flexibility index (Phi) is 1.86. The van der Waals surface area contributed by atoms with Gasteiger partial charge >= 0.3 is 10.5 Å². The first-order valence-corrected chi connectivity index (χ1v) is 4.68. The van der Waals surface area contributed by atoms with Crippen molar-refractivity contribution in [2.75, 3.05) is 0 Å². The number of aromatic amines is 1. The fourth-order valence-electron chi connectivity index (χ4n) is 1.22. The number of fused-ring (bicyclic) bond motifs is 1. The van der Waals surface area contributed by atoms with Gasteiger partial charge in [-0.15, -0.1) is 4.36 Å². The molecule has 0 saturated heterocycles. The first-order valence-electron chi connectivity index (χ1n) is 3.64. The van der Waals surface area contributed by atoms with Crippen LogP contribution in [0.5, 0.6) is 0 Å². The Bertz CT molecular complexity index is 561. The summed E-state index contributed by atoms with van der Waals surface area (Å²) in [5, 5.41) is 0.951. The van der Waals surface area contributed by atoms with Gasteiger partial charge in [0.2, 0.25) is 0 Å². The molecule has 13 heavy (non-hydrogen) atoms. The molecule has 0 unspecified atom stereocenters. The summed E-state index contributed by atoms with van der Waals surface area (Å²) in [5.41, 5.74) is 1.18. The third-order valence-corrected chi connectivity index (χ3v) is 2.08. The Morgan fingerprint density at radius 1 is 1.23 bits per heavy atom. The van der Waals surface area contributed by atoms with Crippen LogP contribution >= 0.6 is 0 Å². The second-order valence-corrected chi connectivity index (χ2v) is 3.14. The summed E-state index contributed by atoms with van der Waals surface area (Å²) in [5.74, 6) is 0. The zero-order chi connectivity index (χ0) is 9.26. The van der Waals surface area contributed by atoms with Crippen LogP contribution in [0.2, 0.25) is 0 Å². The Morgan fingerprint density at radius 2 is 2.08 bits per heavy atom. The van der Waals surface area contributed by atoms with Gasteiger partial charge in [-0.1, -0.05) is 12.1 Å². The van der Waals surface area contributed by atoms with Crippen molar-refractivity contribution < 1.29 is 8.42 Å². The molecule has 2 rings (SSSR count). The third-order valence-electron chi connectivity index (χ3n) is 1.74. The van der Waals surface area contributed by atoms with E-state index in [1.165, 1.54) is 0 Å². The van der Waals surface area contributed by atoms with E-state index in [0.717, 1.165) is 10.9 Å². The smallest absolute Gasteiger partial charge is 0.316 e. The summed E-state index contributed by atoms with van der Waals surface area (Å²) in [6, 6.07) is 7.16. The van der Waals surface area contributed by atoms with E-state index >= 15 is 0 Å². The van der Waals surface area contributed by atoms with E-state index in [1.54, 1.807) is 18.3 Å². The van der Waals surface area contributed by atoms with Gasteiger partial charge in [0.15, 0.2) is 0 Å². The maximum Gasteiger partial charge on any atom is 0.316 e. The zero-order valence-electron chi connectivity index (χ0n) is 6.56. The highest BCUT2D eigenvalue weighted by Gasteiger charge is 1.99. The topological polar surface area (TPSA) is 62.3 Å². The molecule has 1 aromatic heterocycles. The molecule has 0 aliphatic carbocycles. The van der Waals surface area contributed by atoms with E-state index in [2.05, 4.69) is 9.35 Å². The van der Waals surface area contributed by atoms with Gasteiger partial charge in [0, 0.05) is 11.6 Å². The Labute approximate surface area is 75.9 Å². The van der Waals surface area contributed by atoms with E-state index in [1.807, 2.05) is 12.1 Å². The molecule has 0 bridgehead atoms. The van der Waals surface area contributed by atoms with Gasteiger partial charge in [-0.05, 0) is 12.1 Å². The summed E-state index contributed by atoms with van der Waals surface area (Å²) < 4.78 is 24.2. The van der Waals surface area contributed by atoms with Crippen molar-refractivity contribution in [1.29, 1.82) is 0 Å². The Balaban J connectivity index is 2.82. The van der Waals surface area contributed by atoms with Crippen LogP contribution in [-0.2, 0) is 10.5 Å². The monoisotopic (exact) mass is 194 g/mol. The van der Waals surface area contributed by atoms with Crippen molar-refractivity contribution in [1.82, 2.24) is 4.98 Å². The maximum atomic E-state index is 10.4. The van der Waals surface area contributed by atoms with Crippen LogP contribution in [-0.4, -0.2) is 13.4 Å².